The Balaban J connectivity index is 1.77. The number of nitrogens with zero attached hydrogens (tertiary/aromatic N) is 4. The SMILES string of the molecule is CCc1ccc(NC(=O)Cn2cnc3c(cnn3C)c2=O)cc1. The highest BCUT2D eigenvalue weighted by molar-refractivity contribution is 5.90. The summed E-state index contributed by atoms with van der Waals surface area (Å²) in [4.78, 5) is 28.6. The minimum absolute atomic E-state index is 0.0911. The maximum Gasteiger partial charge on any atom is 0.264 e. The van der Waals surface area contributed by atoms with E-state index in [0.717, 1.165) is 6.42 Å². The van der Waals surface area contributed by atoms with E-state index >= 15 is 0 Å². The van der Waals surface area contributed by atoms with Crippen molar-refractivity contribution < 1.29 is 4.79 Å². The van der Waals surface area contributed by atoms with Crippen LogP contribution in [0.15, 0.2) is 41.6 Å². The number of rotatable bonds is 4. The van der Waals surface area contributed by atoms with Gasteiger partial charge in [-0.05, 0) is 24.1 Å². The molecule has 0 unspecified atom stereocenters. The number of carbonyl (C=O) groups excluding carboxylic acids is 1. The van der Waals surface area contributed by atoms with Crippen LogP contribution in [0.1, 0.15) is 12.5 Å². The Hall–Kier alpha value is -2.96. The summed E-state index contributed by atoms with van der Waals surface area (Å²) < 4.78 is 2.80. The van der Waals surface area contributed by atoms with Crippen LogP contribution in [0.5, 0.6) is 0 Å². The standard InChI is InChI=1S/C16H17N5O2/c1-3-11-4-6-12(7-5-11)19-14(22)9-21-10-17-15-13(16(21)23)8-18-20(15)2/h4-8,10H,3,9H2,1-2H3,(H,19,22). The summed E-state index contributed by atoms with van der Waals surface area (Å²) in [5, 5.41) is 7.17. The van der Waals surface area contributed by atoms with Gasteiger partial charge < -0.3 is 5.32 Å². The van der Waals surface area contributed by atoms with Crippen LogP contribution in [0.3, 0.4) is 0 Å². The second-order valence-corrected chi connectivity index (χ2v) is 5.28. The van der Waals surface area contributed by atoms with Crippen LogP contribution in [-0.2, 0) is 24.8 Å². The Labute approximate surface area is 132 Å². The Morgan fingerprint density at radius 2 is 2.00 bits per heavy atom. The van der Waals surface area contributed by atoms with E-state index in [1.54, 1.807) is 7.05 Å². The Morgan fingerprint density at radius 1 is 1.26 bits per heavy atom. The molecule has 0 atom stereocenters. The first-order valence-electron chi connectivity index (χ1n) is 7.34. The first kappa shape index (κ1) is 15.0. The fourth-order valence-corrected chi connectivity index (χ4v) is 2.36. The molecule has 1 N–H and O–H groups in total. The predicted octanol–water partition coefficient (Wildman–Crippen LogP) is 1.33. The summed E-state index contributed by atoms with van der Waals surface area (Å²) >= 11 is 0. The maximum absolute atomic E-state index is 12.3. The Morgan fingerprint density at radius 3 is 2.70 bits per heavy atom. The highest BCUT2D eigenvalue weighted by Gasteiger charge is 2.11. The van der Waals surface area contributed by atoms with E-state index < -0.39 is 0 Å². The molecular formula is C16H17N5O2. The molecule has 0 aliphatic rings. The number of hydrogen-bond donors (Lipinski definition) is 1. The average molecular weight is 311 g/mol. The molecule has 2 aromatic heterocycles. The molecule has 118 valence electrons. The molecule has 2 heterocycles. The van der Waals surface area contributed by atoms with E-state index in [1.165, 1.54) is 27.3 Å². The molecule has 0 saturated heterocycles. The molecule has 3 rings (SSSR count). The van der Waals surface area contributed by atoms with Crippen molar-refractivity contribution in [1.29, 1.82) is 0 Å². The van der Waals surface area contributed by atoms with Crippen LogP contribution in [0.4, 0.5) is 5.69 Å². The monoisotopic (exact) mass is 311 g/mol. The number of aryl methyl sites for hydroxylation is 2. The highest BCUT2D eigenvalue weighted by Crippen LogP contribution is 2.10. The normalized spacial score (nSPS) is 10.9. The van der Waals surface area contributed by atoms with Gasteiger partial charge in [-0.2, -0.15) is 5.10 Å². The zero-order chi connectivity index (χ0) is 16.4. The summed E-state index contributed by atoms with van der Waals surface area (Å²) in [5.74, 6) is -0.276. The number of benzene rings is 1. The van der Waals surface area contributed by atoms with Crippen molar-refractivity contribution in [2.75, 3.05) is 5.32 Å². The molecule has 0 bridgehead atoms. The van der Waals surface area contributed by atoms with E-state index in [2.05, 4.69) is 22.3 Å². The molecule has 7 nitrogen and oxygen atoms in total. The summed E-state index contributed by atoms with van der Waals surface area (Å²) in [5.41, 5.74) is 2.13. The zero-order valence-electron chi connectivity index (χ0n) is 13.0. The van der Waals surface area contributed by atoms with E-state index in [0.29, 0.717) is 16.7 Å². The van der Waals surface area contributed by atoms with Crippen LogP contribution in [0.2, 0.25) is 0 Å². The fraction of sp³-hybridized carbons (Fsp3) is 0.250. The highest BCUT2D eigenvalue weighted by atomic mass is 16.2. The maximum atomic E-state index is 12.3. The molecule has 0 fully saturated rings. The molecule has 7 heteroatoms. The Kier molecular flexibility index (Phi) is 3.92. The molecule has 0 saturated carbocycles. The lowest BCUT2D eigenvalue weighted by molar-refractivity contribution is -0.116. The smallest absolute Gasteiger partial charge is 0.264 e. The second kappa shape index (κ2) is 6.04. The number of nitrogens with one attached hydrogen (secondary N) is 1. The molecule has 3 aromatic rings. The van der Waals surface area contributed by atoms with Gasteiger partial charge in [0.15, 0.2) is 5.65 Å². The predicted molar refractivity (Wildman–Crippen MR) is 87.2 cm³/mol. The molecule has 1 aromatic carbocycles. The number of anilines is 1. The van der Waals surface area contributed by atoms with Crippen molar-refractivity contribution in [2.24, 2.45) is 7.05 Å². The van der Waals surface area contributed by atoms with E-state index in [9.17, 15) is 9.59 Å². The largest absolute Gasteiger partial charge is 0.325 e. The molecule has 0 aliphatic heterocycles. The van der Waals surface area contributed by atoms with Gasteiger partial charge in [-0.1, -0.05) is 19.1 Å². The fourth-order valence-electron chi connectivity index (χ4n) is 2.36. The number of fused-ring (bicyclic) bond motifs is 1. The third-order valence-corrected chi connectivity index (χ3v) is 3.68. The van der Waals surface area contributed by atoms with E-state index in [-0.39, 0.29) is 18.0 Å². The van der Waals surface area contributed by atoms with Gasteiger partial charge >= 0.3 is 0 Å². The van der Waals surface area contributed by atoms with Gasteiger partial charge in [0.2, 0.25) is 5.91 Å². The summed E-state index contributed by atoms with van der Waals surface area (Å²) in [7, 11) is 1.71. The van der Waals surface area contributed by atoms with E-state index in [4.69, 9.17) is 0 Å². The minimum atomic E-state index is -0.278. The Bertz CT molecular complexity index is 908. The quantitative estimate of drug-likeness (QED) is 0.788. The third kappa shape index (κ3) is 2.98. The van der Waals surface area contributed by atoms with Crippen LogP contribution in [0, 0.1) is 0 Å². The summed E-state index contributed by atoms with van der Waals surface area (Å²) in [6, 6.07) is 7.63. The number of aromatic nitrogens is 4. The van der Waals surface area contributed by atoms with Gasteiger partial charge in [-0.3, -0.25) is 18.8 Å². The van der Waals surface area contributed by atoms with Crippen molar-refractivity contribution in [3.8, 4) is 0 Å². The van der Waals surface area contributed by atoms with Gasteiger partial charge in [-0.15, -0.1) is 0 Å². The average Bonchev–Trinajstić information content (AvgIpc) is 2.93. The van der Waals surface area contributed by atoms with E-state index in [1.807, 2.05) is 24.3 Å². The van der Waals surface area contributed by atoms with Gasteiger partial charge in [0.1, 0.15) is 18.3 Å². The van der Waals surface area contributed by atoms with Crippen molar-refractivity contribution in [3.63, 3.8) is 0 Å². The minimum Gasteiger partial charge on any atom is -0.325 e. The molecular weight excluding hydrogens is 294 g/mol. The molecule has 0 spiro atoms. The first-order valence-corrected chi connectivity index (χ1v) is 7.34. The lowest BCUT2D eigenvalue weighted by Gasteiger charge is -2.08. The van der Waals surface area contributed by atoms with Crippen molar-refractivity contribution in [1.82, 2.24) is 19.3 Å². The zero-order valence-corrected chi connectivity index (χ0v) is 13.0. The topological polar surface area (TPSA) is 81.8 Å². The number of carbonyl (C=O) groups is 1. The molecule has 23 heavy (non-hydrogen) atoms. The summed E-state index contributed by atoms with van der Waals surface area (Å²) in [6.07, 6.45) is 3.77. The number of hydrogen-bond acceptors (Lipinski definition) is 4. The van der Waals surface area contributed by atoms with Crippen LogP contribution < -0.4 is 10.9 Å². The van der Waals surface area contributed by atoms with Crippen LogP contribution >= 0.6 is 0 Å². The third-order valence-electron chi connectivity index (χ3n) is 3.68. The number of amides is 1. The van der Waals surface area contributed by atoms with Gasteiger partial charge in [0.05, 0.1) is 6.20 Å². The second-order valence-electron chi connectivity index (χ2n) is 5.28. The summed E-state index contributed by atoms with van der Waals surface area (Å²) in [6.45, 7) is 1.98. The van der Waals surface area contributed by atoms with Crippen molar-refractivity contribution in [2.45, 2.75) is 19.9 Å². The molecule has 0 radical (unpaired) electrons. The lowest BCUT2D eigenvalue weighted by Crippen LogP contribution is -2.27. The molecule has 1 amide bonds. The molecule has 0 aliphatic carbocycles. The van der Waals surface area contributed by atoms with Gasteiger partial charge in [0.25, 0.3) is 5.56 Å². The van der Waals surface area contributed by atoms with Crippen molar-refractivity contribution in [3.05, 3.63) is 52.7 Å². The van der Waals surface area contributed by atoms with Crippen LogP contribution in [0.25, 0.3) is 11.0 Å². The lowest BCUT2D eigenvalue weighted by atomic mass is 10.1. The van der Waals surface area contributed by atoms with Crippen molar-refractivity contribution >= 4 is 22.6 Å². The van der Waals surface area contributed by atoms with Gasteiger partial charge in [-0.25, -0.2) is 4.98 Å². The van der Waals surface area contributed by atoms with Gasteiger partial charge in [0, 0.05) is 12.7 Å². The first-order chi connectivity index (χ1) is 11.1. The van der Waals surface area contributed by atoms with Crippen LogP contribution in [-0.4, -0.2) is 25.2 Å².